The van der Waals surface area contributed by atoms with Gasteiger partial charge >= 0.3 is 6.09 Å². The minimum Gasteiger partial charge on any atom is -0.453 e. The van der Waals surface area contributed by atoms with Crippen molar-refractivity contribution in [3.05, 3.63) is 79.3 Å². The molecule has 0 aliphatic carbocycles. The molecule has 33 heavy (non-hydrogen) atoms. The minimum absolute atomic E-state index is 0.284. The van der Waals surface area contributed by atoms with Gasteiger partial charge in [0.05, 0.1) is 36.7 Å². The maximum Gasteiger partial charge on any atom is 0.412 e. The van der Waals surface area contributed by atoms with E-state index in [1.807, 2.05) is 40.4 Å². The maximum absolute atomic E-state index is 13.4. The number of aromatic nitrogens is 5. The van der Waals surface area contributed by atoms with Crippen LogP contribution in [0.5, 0.6) is 0 Å². The van der Waals surface area contributed by atoms with Gasteiger partial charge in [-0.3, -0.25) is 9.72 Å². The predicted molar refractivity (Wildman–Crippen MR) is 122 cm³/mol. The molecule has 0 bridgehead atoms. The molecule has 0 saturated heterocycles. The smallest absolute Gasteiger partial charge is 0.412 e. The Balaban J connectivity index is 1.55. The lowest BCUT2D eigenvalue weighted by molar-refractivity contribution is 0.187. The number of rotatable bonds is 4. The topological polar surface area (TPSA) is 86.3 Å². The van der Waals surface area contributed by atoms with Gasteiger partial charge in [0, 0.05) is 36.1 Å². The first kappa shape index (κ1) is 20.4. The molecule has 1 N–H and O–H groups in total. The molecule has 9 heteroatoms. The molecule has 0 saturated carbocycles. The summed E-state index contributed by atoms with van der Waals surface area (Å²) < 4.78 is 21.9. The van der Waals surface area contributed by atoms with E-state index in [2.05, 4.69) is 25.0 Å². The summed E-state index contributed by atoms with van der Waals surface area (Å²) in [5.41, 5.74) is 5.86. The number of carbonyl (C=O) groups excluding carboxylic acids is 1. The van der Waals surface area contributed by atoms with Crippen LogP contribution in [0.15, 0.2) is 73.4 Å². The molecule has 4 heterocycles. The molecule has 5 rings (SSSR count). The van der Waals surface area contributed by atoms with Crippen molar-refractivity contribution in [2.24, 2.45) is 7.05 Å². The highest BCUT2D eigenvalue weighted by molar-refractivity contribution is 5.83. The second-order valence-corrected chi connectivity index (χ2v) is 7.40. The molecule has 0 fully saturated rings. The SMILES string of the molecule is COC(=O)Nc1ccc(-c2cnc3ccc(-c4ncn(C)c4-c4ccc(F)cc4)cn23)cn1. The Kier molecular flexibility index (Phi) is 5.06. The number of halogens is 1. The van der Waals surface area contributed by atoms with E-state index in [9.17, 15) is 9.18 Å². The standard InChI is InChI=1S/C24H19FN6O2/c1-30-14-28-22(23(30)15-3-7-18(25)8-4-15)17-6-10-21-27-12-19(31(21)13-17)16-5-9-20(26-11-16)29-24(32)33-2/h3-14H,1-2H3,(H,26,29,32). The van der Waals surface area contributed by atoms with Gasteiger partial charge < -0.3 is 9.30 Å². The number of aryl methyl sites for hydroxylation is 1. The third-order valence-corrected chi connectivity index (χ3v) is 5.31. The molecular weight excluding hydrogens is 423 g/mol. The van der Waals surface area contributed by atoms with Gasteiger partial charge in [-0.25, -0.2) is 24.1 Å². The highest BCUT2D eigenvalue weighted by atomic mass is 19.1. The van der Waals surface area contributed by atoms with Crippen LogP contribution in [0, 0.1) is 5.82 Å². The number of pyridine rings is 2. The van der Waals surface area contributed by atoms with Crippen molar-refractivity contribution >= 4 is 17.6 Å². The van der Waals surface area contributed by atoms with Crippen LogP contribution in [0.3, 0.4) is 0 Å². The fraction of sp³-hybridized carbons (Fsp3) is 0.0833. The van der Waals surface area contributed by atoms with Gasteiger partial charge in [0.2, 0.25) is 0 Å². The monoisotopic (exact) mass is 442 g/mol. The summed E-state index contributed by atoms with van der Waals surface area (Å²) in [6.07, 6.45) is 6.55. The molecule has 1 aromatic carbocycles. The zero-order chi connectivity index (χ0) is 22.9. The highest BCUT2D eigenvalue weighted by Crippen LogP contribution is 2.32. The third kappa shape index (κ3) is 3.80. The number of nitrogens with zero attached hydrogens (tertiary/aromatic N) is 5. The minimum atomic E-state index is -0.581. The van der Waals surface area contributed by atoms with Gasteiger partial charge in [-0.05, 0) is 48.5 Å². The van der Waals surface area contributed by atoms with E-state index >= 15 is 0 Å². The number of methoxy groups -OCH3 is 1. The lowest BCUT2D eigenvalue weighted by Gasteiger charge is -2.09. The van der Waals surface area contributed by atoms with E-state index in [1.54, 1.807) is 36.9 Å². The van der Waals surface area contributed by atoms with Crippen LogP contribution in [-0.2, 0) is 11.8 Å². The van der Waals surface area contributed by atoms with Gasteiger partial charge in [-0.1, -0.05) is 0 Å². The van der Waals surface area contributed by atoms with E-state index in [0.29, 0.717) is 5.82 Å². The first-order valence-corrected chi connectivity index (χ1v) is 10.1. The van der Waals surface area contributed by atoms with Crippen molar-refractivity contribution < 1.29 is 13.9 Å². The fourth-order valence-electron chi connectivity index (χ4n) is 3.70. The predicted octanol–water partition coefficient (Wildman–Crippen LogP) is 4.78. The first-order chi connectivity index (χ1) is 16.0. The second kappa shape index (κ2) is 8.19. The lowest BCUT2D eigenvalue weighted by Crippen LogP contribution is -2.11. The number of anilines is 1. The van der Waals surface area contributed by atoms with E-state index in [1.165, 1.54) is 19.2 Å². The number of hydrogen-bond acceptors (Lipinski definition) is 5. The summed E-state index contributed by atoms with van der Waals surface area (Å²) in [7, 11) is 3.20. The Labute approximate surface area is 188 Å². The Morgan fingerprint density at radius 3 is 2.42 bits per heavy atom. The maximum atomic E-state index is 13.4. The summed E-state index contributed by atoms with van der Waals surface area (Å²) in [5, 5.41) is 2.53. The van der Waals surface area contributed by atoms with Crippen LogP contribution in [0.4, 0.5) is 15.0 Å². The molecule has 0 atom stereocenters. The summed E-state index contributed by atoms with van der Waals surface area (Å²) in [4.78, 5) is 24.7. The molecule has 0 spiro atoms. The molecular formula is C24H19FN6O2. The van der Waals surface area contributed by atoms with Gasteiger partial charge in [0.1, 0.15) is 17.3 Å². The largest absolute Gasteiger partial charge is 0.453 e. The summed E-state index contributed by atoms with van der Waals surface area (Å²) in [6.45, 7) is 0. The number of ether oxygens (including phenoxy) is 1. The van der Waals surface area contributed by atoms with Crippen LogP contribution >= 0.6 is 0 Å². The Morgan fingerprint density at radius 2 is 1.70 bits per heavy atom. The fourth-order valence-corrected chi connectivity index (χ4v) is 3.70. The van der Waals surface area contributed by atoms with Crippen LogP contribution in [0.1, 0.15) is 0 Å². The molecule has 8 nitrogen and oxygen atoms in total. The summed E-state index contributed by atoms with van der Waals surface area (Å²) in [5.74, 6) is 0.103. The van der Waals surface area contributed by atoms with Crippen LogP contribution in [-0.4, -0.2) is 37.1 Å². The molecule has 164 valence electrons. The van der Waals surface area contributed by atoms with E-state index in [0.717, 1.165) is 39.4 Å². The van der Waals surface area contributed by atoms with Crippen molar-refractivity contribution in [3.8, 4) is 33.8 Å². The number of fused-ring (bicyclic) bond motifs is 1. The Bertz CT molecular complexity index is 1460. The van der Waals surface area contributed by atoms with Crippen LogP contribution in [0.25, 0.3) is 39.4 Å². The van der Waals surface area contributed by atoms with E-state index in [-0.39, 0.29) is 5.82 Å². The van der Waals surface area contributed by atoms with E-state index < -0.39 is 6.09 Å². The van der Waals surface area contributed by atoms with Crippen LogP contribution < -0.4 is 5.32 Å². The van der Waals surface area contributed by atoms with Crippen LogP contribution in [0.2, 0.25) is 0 Å². The van der Waals surface area contributed by atoms with Gasteiger partial charge in [-0.2, -0.15) is 0 Å². The number of carbonyl (C=O) groups is 1. The lowest BCUT2D eigenvalue weighted by atomic mass is 10.1. The van der Waals surface area contributed by atoms with Crippen molar-refractivity contribution in [1.29, 1.82) is 0 Å². The number of nitrogens with one attached hydrogen (secondary N) is 1. The zero-order valence-corrected chi connectivity index (χ0v) is 17.9. The quantitative estimate of drug-likeness (QED) is 0.433. The average Bonchev–Trinajstić information content (AvgIpc) is 3.43. The molecule has 0 radical (unpaired) electrons. The van der Waals surface area contributed by atoms with Gasteiger partial charge in [0.25, 0.3) is 0 Å². The Morgan fingerprint density at radius 1 is 0.939 bits per heavy atom. The molecule has 0 aliphatic heterocycles. The van der Waals surface area contributed by atoms with Crippen molar-refractivity contribution in [1.82, 2.24) is 23.9 Å². The Hall–Kier alpha value is -4.53. The van der Waals surface area contributed by atoms with Gasteiger partial charge in [-0.15, -0.1) is 0 Å². The number of hydrogen-bond donors (Lipinski definition) is 1. The molecule has 0 unspecified atom stereocenters. The summed E-state index contributed by atoms with van der Waals surface area (Å²) >= 11 is 0. The van der Waals surface area contributed by atoms with Crippen molar-refractivity contribution in [2.75, 3.05) is 12.4 Å². The number of imidazole rings is 2. The number of benzene rings is 1. The van der Waals surface area contributed by atoms with Gasteiger partial charge in [0.15, 0.2) is 0 Å². The second-order valence-electron chi connectivity index (χ2n) is 7.40. The summed E-state index contributed by atoms with van der Waals surface area (Å²) in [6, 6.07) is 13.8. The number of amides is 1. The molecule has 0 aliphatic rings. The molecule has 1 amide bonds. The first-order valence-electron chi connectivity index (χ1n) is 10.1. The third-order valence-electron chi connectivity index (χ3n) is 5.31. The van der Waals surface area contributed by atoms with Crippen molar-refractivity contribution in [2.45, 2.75) is 0 Å². The normalized spacial score (nSPS) is 11.0. The average molecular weight is 442 g/mol. The molecule has 5 aromatic rings. The van der Waals surface area contributed by atoms with E-state index in [4.69, 9.17) is 0 Å². The highest BCUT2D eigenvalue weighted by Gasteiger charge is 2.15. The molecule has 4 aromatic heterocycles. The van der Waals surface area contributed by atoms with Crippen molar-refractivity contribution in [3.63, 3.8) is 0 Å². The zero-order valence-electron chi connectivity index (χ0n) is 17.9.